The summed E-state index contributed by atoms with van der Waals surface area (Å²) in [6.45, 7) is 0.0271. The number of nitrogens with zero attached hydrogens (tertiary/aromatic N) is 1. The number of aromatic nitrogens is 1. The Morgan fingerprint density at radius 3 is 2.43 bits per heavy atom. The molecule has 1 aromatic carbocycles. The van der Waals surface area contributed by atoms with Crippen molar-refractivity contribution in [2.75, 3.05) is 5.32 Å². The van der Waals surface area contributed by atoms with Crippen LogP contribution in [0.4, 0.5) is 5.69 Å². The van der Waals surface area contributed by atoms with E-state index in [-0.39, 0.29) is 34.6 Å². The monoisotopic (exact) mass is 347 g/mol. The minimum atomic E-state index is -3.73. The summed E-state index contributed by atoms with van der Waals surface area (Å²) in [4.78, 5) is 12.0. The first-order valence-corrected chi connectivity index (χ1v) is 7.90. The number of sulfonamides is 1. The highest BCUT2D eigenvalue weighted by Gasteiger charge is 2.08. The molecule has 21 heavy (non-hydrogen) atoms. The zero-order valence-corrected chi connectivity index (χ0v) is 13.0. The van der Waals surface area contributed by atoms with E-state index in [2.05, 4.69) is 5.32 Å². The highest BCUT2D eigenvalue weighted by Crippen LogP contribution is 2.12. The summed E-state index contributed by atoms with van der Waals surface area (Å²) in [6, 6.07) is 5.55. The number of nitrogens with one attached hydrogen (secondary N) is 2. The van der Waals surface area contributed by atoms with E-state index in [1.54, 1.807) is 11.6 Å². The number of benzene rings is 1. The van der Waals surface area contributed by atoms with Crippen LogP contribution in [-0.4, -0.2) is 18.9 Å². The van der Waals surface area contributed by atoms with Crippen molar-refractivity contribution < 1.29 is 25.6 Å². The Balaban J connectivity index is 0.00000220. The fourth-order valence-corrected chi connectivity index (χ4v) is 2.62. The van der Waals surface area contributed by atoms with Crippen LogP contribution in [-0.2, 0) is 21.4 Å². The van der Waals surface area contributed by atoms with Crippen LogP contribution in [0, 0.1) is 5.41 Å². The maximum Gasteiger partial charge on any atom is 0.244 e. The molecular formula is C11H12ClN4O3S2-. The van der Waals surface area contributed by atoms with Gasteiger partial charge in [-0.3, -0.25) is 10.2 Å². The lowest BCUT2D eigenvalue weighted by molar-refractivity contribution is -0.116. The number of primary sulfonamides is 1. The normalized spacial score (nSPS) is 10.7. The van der Waals surface area contributed by atoms with Gasteiger partial charge in [0, 0.05) is 17.3 Å². The van der Waals surface area contributed by atoms with Crippen molar-refractivity contribution in [3.8, 4) is 0 Å². The lowest BCUT2D eigenvalue weighted by Gasteiger charge is -2.06. The van der Waals surface area contributed by atoms with Crippen LogP contribution in [0.25, 0.3) is 0 Å². The SMILES string of the molecule is N=c1sccn1CC(=O)Nc1ccc(S(N)(=O)=O)cc1.[Cl-]. The number of rotatable bonds is 4. The first-order valence-electron chi connectivity index (χ1n) is 5.47. The standard InChI is InChI=1S/C11H12N4O3S2.ClH/c12-11-15(5-6-19-11)7-10(16)14-8-1-3-9(4-2-8)20(13,17)18;/h1-6,12H,7H2,(H,14,16)(H2,13,17,18);1H/p-1. The van der Waals surface area contributed by atoms with Crippen molar-refractivity contribution in [1.29, 1.82) is 5.41 Å². The Bertz CT molecular complexity index is 780. The summed E-state index contributed by atoms with van der Waals surface area (Å²) in [7, 11) is -3.73. The number of carbonyl (C=O) groups is 1. The predicted octanol–water partition coefficient (Wildman–Crippen LogP) is -2.68. The quantitative estimate of drug-likeness (QED) is 0.559. The van der Waals surface area contributed by atoms with Crippen molar-refractivity contribution in [1.82, 2.24) is 4.57 Å². The second-order valence-corrected chi connectivity index (χ2v) is 6.41. The third-order valence-corrected chi connectivity index (χ3v) is 4.11. The van der Waals surface area contributed by atoms with E-state index < -0.39 is 10.0 Å². The van der Waals surface area contributed by atoms with Gasteiger partial charge in [-0.05, 0) is 24.3 Å². The molecule has 0 atom stereocenters. The van der Waals surface area contributed by atoms with Crippen molar-refractivity contribution in [2.45, 2.75) is 11.4 Å². The van der Waals surface area contributed by atoms with Crippen LogP contribution in [0.1, 0.15) is 0 Å². The lowest BCUT2D eigenvalue weighted by Crippen LogP contribution is -3.00. The fraction of sp³-hybridized carbons (Fsp3) is 0.0909. The molecule has 0 bridgehead atoms. The summed E-state index contributed by atoms with van der Waals surface area (Å²) in [6.07, 6.45) is 1.65. The van der Waals surface area contributed by atoms with Gasteiger partial charge in [-0.2, -0.15) is 0 Å². The molecule has 0 aliphatic heterocycles. The highest BCUT2D eigenvalue weighted by molar-refractivity contribution is 7.89. The molecule has 7 nitrogen and oxygen atoms in total. The van der Waals surface area contributed by atoms with Gasteiger partial charge in [0.25, 0.3) is 0 Å². The van der Waals surface area contributed by atoms with E-state index in [1.807, 2.05) is 0 Å². The molecule has 0 saturated carbocycles. The molecule has 2 rings (SSSR count). The van der Waals surface area contributed by atoms with Crippen LogP contribution >= 0.6 is 11.3 Å². The number of amides is 1. The molecule has 0 fully saturated rings. The van der Waals surface area contributed by atoms with Crippen molar-refractivity contribution in [3.63, 3.8) is 0 Å². The van der Waals surface area contributed by atoms with E-state index >= 15 is 0 Å². The van der Waals surface area contributed by atoms with Gasteiger partial charge < -0.3 is 22.3 Å². The van der Waals surface area contributed by atoms with Crippen LogP contribution in [0.15, 0.2) is 40.7 Å². The van der Waals surface area contributed by atoms with Crippen LogP contribution in [0.2, 0.25) is 0 Å². The number of carbonyl (C=O) groups excluding carboxylic acids is 1. The van der Waals surface area contributed by atoms with Gasteiger partial charge in [0.1, 0.15) is 6.54 Å². The summed E-state index contributed by atoms with van der Waals surface area (Å²) >= 11 is 1.23. The van der Waals surface area contributed by atoms with Gasteiger partial charge in [0.15, 0.2) is 4.80 Å². The van der Waals surface area contributed by atoms with E-state index in [1.165, 1.54) is 40.2 Å². The largest absolute Gasteiger partial charge is 1.00 e. The molecule has 1 amide bonds. The molecule has 0 aliphatic carbocycles. The highest BCUT2D eigenvalue weighted by atomic mass is 35.5. The second-order valence-electron chi connectivity index (χ2n) is 3.95. The van der Waals surface area contributed by atoms with Crippen LogP contribution in [0.3, 0.4) is 0 Å². The van der Waals surface area contributed by atoms with Gasteiger partial charge in [-0.25, -0.2) is 13.6 Å². The van der Waals surface area contributed by atoms with E-state index in [4.69, 9.17) is 10.5 Å². The van der Waals surface area contributed by atoms with Crippen molar-refractivity contribution >= 4 is 33.0 Å². The molecule has 2 aromatic rings. The minimum Gasteiger partial charge on any atom is -1.00 e. The summed E-state index contributed by atoms with van der Waals surface area (Å²) in [5, 5.41) is 16.8. The molecule has 1 aromatic heterocycles. The third-order valence-electron chi connectivity index (χ3n) is 2.46. The molecule has 0 spiro atoms. The zero-order valence-electron chi connectivity index (χ0n) is 10.6. The zero-order chi connectivity index (χ0) is 14.8. The molecule has 4 N–H and O–H groups in total. The molecular weight excluding hydrogens is 336 g/mol. The molecule has 0 aliphatic rings. The number of anilines is 1. The van der Waals surface area contributed by atoms with E-state index in [0.717, 1.165) is 0 Å². The molecule has 10 heteroatoms. The Morgan fingerprint density at radius 2 is 1.95 bits per heavy atom. The van der Waals surface area contributed by atoms with Crippen LogP contribution in [0.5, 0.6) is 0 Å². The molecule has 114 valence electrons. The first kappa shape index (κ1) is 17.4. The molecule has 0 radical (unpaired) electrons. The van der Waals surface area contributed by atoms with Gasteiger partial charge in [-0.15, -0.1) is 11.3 Å². The average molecular weight is 348 g/mol. The average Bonchev–Trinajstić information content (AvgIpc) is 2.74. The number of hydrogen-bond acceptors (Lipinski definition) is 5. The smallest absolute Gasteiger partial charge is 0.244 e. The lowest BCUT2D eigenvalue weighted by atomic mass is 10.3. The molecule has 0 unspecified atom stereocenters. The predicted molar refractivity (Wildman–Crippen MR) is 74.6 cm³/mol. The van der Waals surface area contributed by atoms with E-state index in [9.17, 15) is 13.2 Å². The van der Waals surface area contributed by atoms with Gasteiger partial charge in [0.05, 0.1) is 4.90 Å². The van der Waals surface area contributed by atoms with Gasteiger partial charge in [0.2, 0.25) is 15.9 Å². The second kappa shape index (κ2) is 6.85. The topological polar surface area (TPSA) is 118 Å². The Hall–Kier alpha value is -1.68. The number of nitrogens with two attached hydrogens (primary N) is 1. The maximum absolute atomic E-state index is 11.8. The summed E-state index contributed by atoms with van der Waals surface area (Å²) < 4.78 is 23.7. The van der Waals surface area contributed by atoms with E-state index in [0.29, 0.717) is 5.69 Å². The summed E-state index contributed by atoms with van der Waals surface area (Å²) in [5.74, 6) is -0.301. The first-order chi connectivity index (χ1) is 9.36. The fourth-order valence-electron chi connectivity index (χ4n) is 1.51. The Morgan fingerprint density at radius 1 is 1.33 bits per heavy atom. The maximum atomic E-state index is 11.8. The van der Waals surface area contributed by atoms with Crippen LogP contribution < -0.4 is 27.7 Å². The molecule has 1 heterocycles. The van der Waals surface area contributed by atoms with Crippen molar-refractivity contribution in [3.05, 3.63) is 40.6 Å². The van der Waals surface area contributed by atoms with Crippen molar-refractivity contribution in [2.24, 2.45) is 5.14 Å². The van der Waals surface area contributed by atoms with Gasteiger partial charge >= 0.3 is 0 Å². The molecule has 0 saturated heterocycles. The third kappa shape index (κ3) is 4.67. The number of halogens is 1. The Kier molecular flexibility index (Phi) is 5.67. The minimum absolute atomic E-state index is 0. The Labute approximate surface area is 131 Å². The van der Waals surface area contributed by atoms with Gasteiger partial charge in [-0.1, -0.05) is 0 Å². The number of hydrogen-bond donors (Lipinski definition) is 3. The summed E-state index contributed by atoms with van der Waals surface area (Å²) in [5.41, 5.74) is 0.463. The number of thiazole rings is 1.